The molecule has 25 heavy (non-hydrogen) atoms. The fraction of sp³-hybridized carbons (Fsp3) is 0.118. The molecule has 8 heteroatoms. The smallest absolute Gasteiger partial charge is 0.267 e. The summed E-state index contributed by atoms with van der Waals surface area (Å²) in [5, 5.41) is 8.61. The molecule has 0 aliphatic rings. The molecule has 0 N–H and O–H groups in total. The minimum absolute atomic E-state index is 0.0246. The molecule has 0 unspecified atom stereocenters. The largest absolute Gasteiger partial charge is 0.496 e. The van der Waals surface area contributed by atoms with E-state index in [4.69, 9.17) is 37.3 Å². The van der Waals surface area contributed by atoms with Crippen LogP contribution >= 0.6 is 23.2 Å². The minimum Gasteiger partial charge on any atom is -0.496 e. The van der Waals surface area contributed by atoms with Gasteiger partial charge in [0.1, 0.15) is 5.75 Å². The molecule has 6 nitrogen and oxygen atoms in total. The van der Waals surface area contributed by atoms with Crippen molar-refractivity contribution in [3.63, 3.8) is 0 Å². The van der Waals surface area contributed by atoms with Gasteiger partial charge in [0.15, 0.2) is 6.61 Å². The van der Waals surface area contributed by atoms with Gasteiger partial charge in [0.2, 0.25) is 5.82 Å². The van der Waals surface area contributed by atoms with Crippen molar-refractivity contribution >= 4 is 29.4 Å². The van der Waals surface area contributed by atoms with Crippen molar-refractivity contribution in [3.8, 4) is 17.1 Å². The predicted molar refractivity (Wildman–Crippen MR) is 95.1 cm³/mol. The van der Waals surface area contributed by atoms with Gasteiger partial charge in [-0.3, -0.25) is 0 Å². The van der Waals surface area contributed by atoms with Crippen LogP contribution in [0.25, 0.3) is 11.4 Å². The van der Waals surface area contributed by atoms with Crippen LogP contribution in [0.15, 0.2) is 52.1 Å². The SMILES string of the molecule is COc1ccccc1-c1noc(CO/N=C\c2cccc(Cl)c2Cl)n1. The summed E-state index contributed by atoms with van der Waals surface area (Å²) >= 11 is 12.0. The fourth-order valence-electron chi connectivity index (χ4n) is 2.06. The maximum Gasteiger partial charge on any atom is 0.267 e. The molecule has 128 valence electrons. The molecule has 0 radical (unpaired) electrons. The molecule has 0 fully saturated rings. The number of methoxy groups -OCH3 is 1. The molecule has 2 aromatic carbocycles. The fourth-order valence-corrected chi connectivity index (χ4v) is 2.42. The molecule has 0 aliphatic carbocycles. The summed E-state index contributed by atoms with van der Waals surface area (Å²) in [5.74, 6) is 1.36. The van der Waals surface area contributed by atoms with Crippen LogP contribution in [0.5, 0.6) is 5.75 Å². The second kappa shape index (κ2) is 8.00. The van der Waals surface area contributed by atoms with E-state index in [1.165, 1.54) is 6.21 Å². The second-order valence-corrected chi connectivity index (χ2v) is 5.65. The molecule has 0 bridgehead atoms. The van der Waals surface area contributed by atoms with E-state index in [1.54, 1.807) is 25.3 Å². The number of hydrogen-bond acceptors (Lipinski definition) is 6. The molecule has 0 amide bonds. The van der Waals surface area contributed by atoms with Crippen molar-refractivity contribution in [3.05, 3.63) is 64.0 Å². The van der Waals surface area contributed by atoms with Crippen LogP contribution in [0.3, 0.4) is 0 Å². The van der Waals surface area contributed by atoms with Crippen molar-refractivity contribution < 1.29 is 14.1 Å². The summed E-state index contributed by atoms with van der Waals surface area (Å²) in [6, 6.07) is 12.6. The van der Waals surface area contributed by atoms with Crippen molar-refractivity contribution in [1.29, 1.82) is 0 Å². The topological polar surface area (TPSA) is 69.7 Å². The average Bonchev–Trinajstić information content (AvgIpc) is 3.11. The molecule has 0 aliphatic heterocycles. The first-order valence-corrected chi connectivity index (χ1v) is 8.00. The number of hydrogen-bond donors (Lipinski definition) is 0. The van der Waals surface area contributed by atoms with Gasteiger partial charge in [-0.25, -0.2) is 0 Å². The molecular weight excluding hydrogens is 365 g/mol. The molecular formula is C17H13Cl2N3O3. The molecule has 3 rings (SSSR count). The molecule has 3 aromatic rings. The number of ether oxygens (including phenoxy) is 1. The number of oxime groups is 1. The Balaban J connectivity index is 1.64. The number of halogens is 2. The molecule has 0 saturated heterocycles. The molecule has 0 atom stereocenters. The van der Waals surface area contributed by atoms with Crippen LogP contribution in [0.1, 0.15) is 11.5 Å². The quantitative estimate of drug-likeness (QED) is 0.463. The van der Waals surface area contributed by atoms with Gasteiger partial charge < -0.3 is 14.1 Å². The van der Waals surface area contributed by atoms with E-state index in [1.807, 2.05) is 24.3 Å². The van der Waals surface area contributed by atoms with Gasteiger partial charge in [-0.05, 0) is 18.2 Å². The maximum atomic E-state index is 6.06. The minimum atomic E-state index is 0.0246. The molecule has 1 heterocycles. The number of para-hydroxylation sites is 1. The van der Waals surface area contributed by atoms with Crippen LogP contribution in [0, 0.1) is 0 Å². The third-order valence-corrected chi connectivity index (χ3v) is 4.09. The first kappa shape index (κ1) is 17.3. The Kier molecular flexibility index (Phi) is 5.53. The first-order chi connectivity index (χ1) is 12.2. The highest BCUT2D eigenvalue weighted by molar-refractivity contribution is 6.43. The Morgan fingerprint density at radius 3 is 2.84 bits per heavy atom. The normalized spacial score (nSPS) is 11.0. The van der Waals surface area contributed by atoms with Crippen LogP contribution in [0.4, 0.5) is 0 Å². The van der Waals surface area contributed by atoms with E-state index in [2.05, 4.69) is 15.3 Å². The second-order valence-electron chi connectivity index (χ2n) is 4.86. The summed E-state index contributed by atoms with van der Waals surface area (Å²) in [5.41, 5.74) is 1.38. The van der Waals surface area contributed by atoms with E-state index in [9.17, 15) is 0 Å². The zero-order chi connectivity index (χ0) is 17.6. The van der Waals surface area contributed by atoms with Gasteiger partial charge in [-0.15, -0.1) is 0 Å². The van der Waals surface area contributed by atoms with Crippen LogP contribution < -0.4 is 4.74 Å². The maximum absolute atomic E-state index is 6.06. The number of rotatable bonds is 6. The Morgan fingerprint density at radius 2 is 2.00 bits per heavy atom. The summed E-state index contributed by atoms with van der Waals surface area (Å²) in [7, 11) is 1.58. The van der Waals surface area contributed by atoms with E-state index >= 15 is 0 Å². The zero-order valence-electron chi connectivity index (χ0n) is 13.1. The van der Waals surface area contributed by atoms with Gasteiger partial charge in [0.05, 0.1) is 28.9 Å². The lowest BCUT2D eigenvalue weighted by Crippen LogP contribution is -1.91. The zero-order valence-corrected chi connectivity index (χ0v) is 14.7. The Labute approximate surface area is 154 Å². The van der Waals surface area contributed by atoms with Crippen LogP contribution in [-0.2, 0) is 11.4 Å². The van der Waals surface area contributed by atoms with Crippen molar-refractivity contribution in [1.82, 2.24) is 10.1 Å². The van der Waals surface area contributed by atoms with E-state index in [0.29, 0.717) is 27.2 Å². The summed E-state index contributed by atoms with van der Waals surface area (Å²) in [4.78, 5) is 9.43. The van der Waals surface area contributed by atoms with Crippen molar-refractivity contribution in [2.75, 3.05) is 7.11 Å². The standard InChI is InChI=1S/C17H13Cl2N3O3/c1-23-14-8-3-2-6-12(14)17-21-15(25-22-17)10-24-20-9-11-5-4-7-13(18)16(11)19/h2-9H,10H2,1H3/b20-9-. The molecule has 0 saturated carbocycles. The summed E-state index contributed by atoms with van der Waals surface area (Å²) < 4.78 is 10.4. The lowest BCUT2D eigenvalue weighted by Gasteiger charge is -2.02. The Bertz CT molecular complexity index is 896. The number of nitrogens with zero attached hydrogens (tertiary/aromatic N) is 3. The average molecular weight is 378 g/mol. The first-order valence-electron chi connectivity index (χ1n) is 7.24. The predicted octanol–water partition coefficient (Wildman–Crippen LogP) is 4.60. The Morgan fingerprint density at radius 1 is 1.16 bits per heavy atom. The van der Waals surface area contributed by atoms with Crippen molar-refractivity contribution in [2.45, 2.75) is 6.61 Å². The third kappa shape index (κ3) is 4.10. The molecule has 0 spiro atoms. The number of benzene rings is 2. The van der Waals surface area contributed by atoms with E-state index < -0.39 is 0 Å². The lowest BCUT2D eigenvalue weighted by atomic mass is 10.2. The highest BCUT2D eigenvalue weighted by atomic mass is 35.5. The van der Waals surface area contributed by atoms with Gasteiger partial charge in [-0.1, -0.05) is 57.8 Å². The van der Waals surface area contributed by atoms with Gasteiger partial charge >= 0.3 is 0 Å². The third-order valence-electron chi connectivity index (χ3n) is 3.25. The Hall–Kier alpha value is -2.57. The molecule has 1 aromatic heterocycles. The van der Waals surface area contributed by atoms with Gasteiger partial charge in [0.25, 0.3) is 5.89 Å². The highest BCUT2D eigenvalue weighted by Gasteiger charge is 2.13. The van der Waals surface area contributed by atoms with Gasteiger partial charge in [0, 0.05) is 5.56 Å². The van der Waals surface area contributed by atoms with E-state index in [0.717, 1.165) is 5.56 Å². The summed E-state index contributed by atoms with van der Waals surface area (Å²) in [6.07, 6.45) is 1.46. The van der Waals surface area contributed by atoms with E-state index in [-0.39, 0.29) is 12.5 Å². The van der Waals surface area contributed by atoms with Crippen molar-refractivity contribution in [2.24, 2.45) is 5.16 Å². The van der Waals surface area contributed by atoms with Gasteiger partial charge in [-0.2, -0.15) is 4.98 Å². The summed E-state index contributed by atoms with van der Waals surface area (Å²) in [6.45, 7) is 0.0246. The number of aromatic nitrogens is 2. The van der Waals surface area contributed by atoms with Crippen LogP contribution in [-0.4, -0.2) is 23.5 Å². The van der Waals surface area contributed by atoms with Crippen LogP contribution in [0.2, 0.25) is 10.0 Å². The lowest BCUT2D eigenvalue weighted by molar-refractivity contribution is 0.107. The monoisotopic (exact) mass is 377 g/mol. The highest BCUT2D eigenvalue weighted by Crippen LogP contribution is 2.27.